The third-order valence-electron chi connectivity index (χ3n) is 3.58. The summed E-state index contributed by atoms with van der Waals surface area (Å²) < 4.78 is 7.35. The number of hydrogen-bond donors (Lipinski definition) is 1. The lowest BCUT2D eigenvalue weighted by atomic mass is 10.1. The van der Waals surface area contributed by atoms with E-state index in [1.165, 1.54) is 5.56 Å². The molecule has 2 heterocycles. The molecule has 0 aliphatic carbocycles. The molecule has 5 nitrogen and oxygen atoms in total. The van der Waals surface area contributed by atoms with E-state index in [9.17, 15) is 4.79 Å². The Hall–Kier alpha value is -2.82. The zero-order valence-corrected chi connectivity index (χ0v) is 13.0. The summed E-state index contributed by atoms with van der Waals surface area (Å²) in [4.78, 5) is 12.1. The minimum Gasteiger partial charge on any atom is -0.355 e. The third kappa shape index (κ3) is 3.88. The van der Waals surface area contributed by atoms with Crippen molar-refractivity contribution in [3.8, 4) is 11.3 Å². The summed E-state index contributed by atoms with van der Waals surface area (Å²) in [6.45, 7) is 3.54. The molecule has 5 heteroatoms. The maximum absolute atomic E-state index is 12.1. The normalized spacial score (nSPS) is 10.7. The van der Waals surface area contributed by atoms with Crippen LogP contribution in [0.5, 0.6) is 0 Å². The van der Waals surface area contributed by atoms with Crippen LogP contribution in [0.15, 0.2) is 59.4 Å². The zero-order chi connectivity index (χ0) is 16.1. The van der Waals surface area contributed by atoms with E-state index in [2.05, 4.69) is 34.2 Å². The molecule has 118 valence electrons. The number of benzene rings is 1. The predicted molar refractivity (Wildman–Crippen MR) is 88.1 cm³/mol. The van der Waals surface area contributed by atoms with Gasteiger partial charge in [-0.1, -0.05) is 35.5 Å². The van der Waals surface area contributed by atoms with Gasteiger partial charge in [0.15, 0.2) is 11.5 Å². The molecule has 2 aromatic heterocycles. The monoisotopic (exact) mass is 309 g/mol. The summed E-state index contributed by atoms with van der Waals surface area (Å²) in [5.74, 6) is 0.387. The van der Waals surface area contributed by atoms with Gasteiger partial charge in [0.1, 0.15) is 0 Å². The number of aromatic nitrogens is 2. The molecule has 0 aliphatic heterocycles. The second-order valence-electron chi connectivity index (χ2n) is 5.48. The molecule has 0 aliphatic rings. The Morgan fingerprint density at radius 2 is 2.09 bits per heavy atom. The summed E-state index contributed by atoms with van der Waals surface area (Å²) in [6, 6.07) is 13.3. The molecular weight excluding hydrogens is 290 g/mol. The van der Waals surface area contributed by atoms with Crippen LogP contribution in [-0.2, 0) is 6.54 Å². The number of nitrogens with one attached hydrogen (secondary N) is 1. The van der Waals surface area contributed by atoms with Crippen molar-refractivity contribution in [2.75, 3.05) is 6.54 Å². The van der Waals surface area contributed by atoms with Gasteiger partial charge in [-0.05, 0) is 25.0 Å². The molecule has 3 rings (SSSR count). The highest BCUT2D eigenvalue weighted by molar-refractivity contribution is 5.93. The van der Waals surface area contributed by atoms with Crippen molar-refractivity contribution in [1.82, 2.24) is 15.0 Å². The van der Waals surface area contributed by atoms with Gasteiger partial charge in [-0.15, -0.1) is 0 Å². The van der Waals surface area contributed by atoms with Crippen LogP contribution in [-0.4, -0.2) is 22.2 Å². The SMILES string of the molecule is Cc1ccn(CCCNC(=O)c2cc(-c3ccccc3)on2)c1. The van der Waals surface area contributed by atoms with Crippen molar-refractivity contribution < 1.29 is 9.32 Å². The number of nitrogens with zero attached hydrogens (tertiary/aromatic N) is 2. The molecule has 1 aromatic carbocycles. The van der Waals surface area contributed by atoms with Crippen molar-refractivity contribution in [3.05, 3.63) is 66.1 Å². The molecule has 1 N–H and O–H groups in total. The lowest BCUT2D eigenvalue weighted by molar-refractivity contribution is 0.0944. The molecule has 1 amide bonds. The highest BCUT2D eigenvalue weighted by atomic mass is 16.5. The summed E-state index contributed by atoms with van der Waals surface area (Å²) >= 11 is 0. The van der Waals surface area contributed by atoms with E-state index < -0.39 is 0 Å². The van der Waals surface area contributed by atoms with Gasteiger partial charge in [0.2, 0.25) is 0 Å². The van der Waals surface area contributed by atoms with Gasteiger partial charge in [-0.2, -0.15) is 0 Å². The highest BCUT2D eigenvalue weighted by Crippen LogP contribution is 2.19. The number of rotatable bonds is 6. The van der Waals surface area contributed by atoms with E-state index in [4.69, 9.17) is 4.52 Å². The summed E-state index contributed by atoms with van der Waals surface area (Å²) in [5.41, 5.74) is 2.45. The summed E-state index contributed by atoms with van der Waals surface area (Å²) in [6.07, 6.45) is 5.00. The van der Waals surface area contributed by atoms with Crippen LogP contribution >= 0.6 is 0 Å². The molecule has 3 aromatic rings. The average Bonchev–Trinajstić information content (AvgIpc) is 3.21. The molecule has 0 saturated carbocycles. The minimum absolute atomic E-state index is 0.209. The van der Waals surface area contributed by atoms with Gasteiger partial charge in [-0.25, -0.2) is 0 Å². The van der Waals surface area contributed by atoms with Crippen LogP contribution < -0.4 is 5.32 Å². The van der Waals surface area contributed by atoms with E-state index in [0.29, 0.717) is 18.0 Å². The molecule has 0 fully saturated rings. The number of hydrogen-bond acceptors (Lipinski definition) is 3. The molecule has 0 radical (unpaired) electrons. The molecule has 0 saturated heterocycles. The van der Waals surface area contributed by atoms with Crippen LogP contribution in [0.1, 0.15) is 22.5 Å². The fourth-order valence-corrected chi connectivity index (χ4v) is 2.37. The first-order valence-corrected chi connectivity index (χ1v) is 7.65. The fraction of sp³-hybridized carbons (Fsp3) is 0.222. The number of carbonyl (C=O) groups is 1. The number of amides is 1. The van der Waals surface area contributed by atoms with Crippen LogP contribution in [0.2, 0.25) is 0 Å². The van der Waals surface area contributed by atoms with Gasteiger partial charge in [0.25, 0.3) is 5.91 Å². The van der Waals surface area contributed by atoms with E-state index in [1.807, 2.05) is 36.5 Å². The Kier molecular flexibility index (Phi) is 4.57. The highest BCUT2D eigenvalue weighted by Gasteiger charge is 2.12. The first kappa shape index (κ1) is 15.1. The lowest BCUT2D eigenvalue weighted by Crippen LogP contribution is -2.25. The quantitative estimate of drug-likeness (QED) is 0.711. The Morgan fingerprint density at radius 1 is 1.26 bits per heavy atom. The summed E-state index contributed by atoms with van der Waals surface area (Å²) in [5, 5.41) is 6.71. The van der Waals surface area contributed by atoms with Gasteiger partial charge in [0.05, 0.1) is 0 Å². The minimum atomic E-state index is -0.209. The number of aryl methyl sites for hydroxylation is 2. The number of carbonyl (C=O) groups excluding carboxylic acids is 1. The first-order valence-electron chi connectivity index (χ1n) is 7.65. The summed E-state index contributed by atoms with van der Waals surface area (Å²) in [7, 11) is 0. The van der Waals surface area contributed by atoms with Gasteiger partial charge in [0, 0.05) is 37.1 Å². The fourth-order valence-electron chi connectivity index (χ4n) is 2.37. The van der Waals surface area contributed by atoms with Gasteiger partial charge >= 0.3 is 0 Å². The maximum atomic E-state index is 12.1. The Labute approximate surface area is 134 Å². The second kappa shape index (κ2) is 6.96. The molecule has 0 bridgehead atoms. The Balaban J connectivity index is 1.50. The Bertz CT molecular complexity index is 774. The van der Waals surface area contributed by atoms with E-state index in [-0.39, 0.29) is 5.91 Å². The smallest absolute Gasteiger partial charge is 0.273 e. The van der Waals surface area contributed by atoms with Crippen LogP contribution in [0.3, 0.4) is 0 Å². The van der Waals surface area contributed by atoms with E-state index >= 15 is 0 Å². The van der Waals surface area contributed by atoms with Crippen molar-refractivity contribution in [2.45, 2.75) is 19.9 Å². The van der Waals surface area contributed by atoms with E-state index in [1.54, 1.807) is 6.07 Å². The lowest BCUT2D eigenvalue weighted by Gasteiger charge is -2.04. The molecule has 0 unspecified atom stereocenters. The van der Waals surface area contributed by atoms with Crippen molar-refractivity contribution in [1.29, 1.82) is 0 Å². The average molecular weight is 309 g/mol. The largest absolute Gasteiger partial charge is 0.355 e. The van der Waals surface area contributed by atoms with Crippen LogP contribution in [0.4, 0.5) is 0 Å². The zero-order valence-electron chi connectivity index (χ0n) is 13.0. The van der Waals surface area contributed by atoms with Crippen LogP contribution in [0, 0.1) is 6.92 Å². The molecule has 0 spiro atoms. The first-order chi connectivity index (χ1) is 11.2. The standard InChI is InChI=1S/C18H19N3O2/c1-14-8-11-21(13-14)10-5-9-19-18(22)16-12-17(23-20-16)15-6-3-2-4-7-15/h2-4,6-8,11-13H,5,9-10H2,1H3,(H,19,22). The molecular formula is C18H19N3O2. The Morgan fingerprint density at radius 3 is 2.83 bits per heavy atom. The van der Waals surface area contributed by atoms with Crippen LogP contribution in [0.25, 0.3) is 11.3 Å². The van der Waals surface area contributed by atoms with Gasteiger partial charge < -0.3 is 14.4 Å². The molecule has 23 heavy (non-hydrogen) atoms. The van der Waals surface area contributed by atoms with Crippen molar-refractivity contribution in [2.24, 2.45) is 0 Å². The predicted octanol–water partition coefficient (Wildman–Crippen LogP) is 3.27. The maximum Gasteiger partial charge on any atom is 0.273 e. The van der Waals surface area contributed by atoms with E-state index in [0.717, 1.165) is 18.5 Å². The second-order valence-corrected chi connectivity index (χ2v) is 5.48. The topological polar surface area (TPSA) is 60.1 Å². The van der Waals surface area contributed by atoms with Gasteiger partial charge in [-0.3, -0.25) is 4.79 Å². The molecule has 0 atom stereocenters. The van der Waals surface area contributed by atoms with Crippen molar-refractivity contribution in [3.63, 3.8) is 0 Å². The third-order valence-corrected chi connectivity index (χ3v) is 3.58. The van der Waals surface area contributed by atoms with Crippen molar-refractivity contribution >= 4 is 5.91 Å².